The second kappa shape index (κ2) is 4.07. The summed E-state index contributed by atoms with van der Waals surface area (Å²) in [4.78, 5) is 14.7. The summed E-state index contributed by atoms with van der Waals surface area (Å²) in [6, 6.07) is 0. The van der Waals surface area contributed by atoms with E-state index in [4.69, 9.17) is 5.11 Å². The zero-order valence-corrected chi connectivity index (χ0v) is 7.90. The highest BCUT2D eigenvalue weighted by Crippen LogP contribution is 2.06. The van der Waals surface area contributed by atoms with E-state index in [1.54, 1.807) is 13.1 Å². The molecule has 0 aliphatic rings. The number of aliphatic carboxylic acids is 1. The molecule has 1 heterocycles. The van der Waals surface area contributed by atoms with Crippen molar-refractivity contribution in [3.05, 3.63) is 18.2 Å². The summed E-state index contributed by atoms with van der Waals surface area (Å²) in [5.41, 5.74) is 0. The quantitative estimate of drug-likeness (QED) is 0.760. The van der Waals surface area contributed by atoms with Crippen LogP contribution in [0.5, 0.6) is 0 Å². The average molecular weight is 182 g/mol. The summed E-state index contributed by atoms with van der Waals surface area (Å²) >= 11 is 0. The van der Waals surface area contributed by atoms with Crippen molar-refractivity contribution in [2.75, 3.05) is 0 Å². The number of hydrogen-bond donors (Lipinski definition) is 1. The number of carboxylic acids is 1. The van der Waals surface area contributed by atoms with Crippen LogP contribution in [0.25, 0.3) is 0 Å². The van der Waals surface area contributed by atoms with E-state index in [2.05, 4.69) is 4.98 Å². The van der Waals surface area contributed by atoms with Gasteiger partial charge in [0.15, 0.2) is 0 Å². The summed E-state index contributed by atoms with van der Waals surface area (Å²) in [5, 5.41) is 8.71. The Morgan fingerprint density at radius 2 is 2.46 bits per heavy atom. The second-order valence-corrected chi connectivity index (χ2v) is 3.07. The normalized spacial score (nSPS) is 12.8. The van der Waals surface area contributed by atoms with E-state index in [0.29, 0.717) is 6.42 Å². The Labute approximate surface area is 77.2 Å². The molecule has 1 N–H and O–H groups in total. The van der Waals surface area contributed by atoms with Crippen LogP contribution in [-0.4, -0.2) is 20.6 Å². The molecule has 1 rings (SSSR count). The molecule has 0 amide bonds. The molecule has 0 aliphatic carbocycles. The van der Waals surface area contributed by atoms with E-state index in [1.807, 2.05) is 17.7 Å². The SMILES string of the molecule is CCn1ccnc1CC(C)C(=O)O. The van der Waals surface area contributed by atoms with Gasteiger partial charge in [0.2, 0.25) is 0 Å². The molecule has 4 heteroatoms. The van der Waals surface area contributed by atoms with Gasteiger partial charge in [0.05, 0.1) is 5.92 Å². The number of carboxylic acid groups (broad SMARTS) is 1. The standard InChI is InChI=1S/C9H14N2O2/c1-3-11-5-4-10-8(11)6-7(2)9(12)13/h4-5,7H,3,6H2,1-2H3,(H,12,13). The lowest BCUT2D eigenvalue weighted by molar-refractivity contribution is -0.141. The van der Waals surface area contributed by atoms with Crippen LogP contribution in [0.2, 0.25) is 0 Å². The summed E-state index contributed by atoms with van der Waals surface area (Å²) in [6.07, 6.45) is 4.06. The Bertz CT molecular complexity index is 294. The number of aryl methyl sites for hydroxylation is 1. The van der Waals surface area contributed by atoms with Gasteiger partial charge in [-0.25, -0.2) is 4.98 Å². The topological polar surface area (TPSA) is 55.1 Å². The van der Waals surface area contributed by atoms with Crippen LogP contribution in [0.15, 0.2) is 12.4 Å². The Morgan fingerprint density at radius 1 is 1.77 bits per heavy atom. The molecule has 1 unspecified atom stereocenters. The first-order valence-electron chi connectivity index (χ1n) is 4.38. The van der Waals surface area contributed by atoms with Crippen LogP contribution in [0.1, 0.15) is 19.7 Å². The molecule has 0 fully saturated rings. The molecule has 0 saturated carbocycles. The molecule has 72 valence electrons. The fraction of sp³-hybridized carbons (Fsp3) is 0.556. The maximum atomic E-state index is 10.6. The van der Waals surface area contributed by atoms with Crippen LogP contribution in [0.4, 0.5) is 0 Å². The van der Waals surface area contributed by atoms with Gasteiger partial charge in [0.25, 0.3) is 0 Å². The molecule has 1 atom stereocenters. The Morgan fingerprint density at radius 3 is 3.00 bits per heavy atom. The minimum atomic E-state index is -0.773. The third-order valence-corrected chi connectivity index (χ3v) is 2.05. The van der Waals surface area contributed by atoms with Crippen LogP contribution in [0.3, 0.4) is 0 Å². The number of aromatic nitrogens is 2. The van der Waals surface area contributed by atoms with Crippen molar-refractivity contribution in [3.63, 3.8) is 0 Å². The number of hydrogen-bond acceptors (Lipinski definition) is 2. The monoisotopic (exact) mass is 182 g/mol. The highest BCUT2D eigenvalue weighted by atomic mass is 16.4. The van der Waals surface area contributed by atoms with Crippen molar-refractivity contribution >= 4 is 5.97 Å². The zero-order valence-electron chi connectivity index (χ0n) is 7.90. The summed E-state index contributed by atoms with van der Waals surface area (Å²) in [7, 11) is 0. The van der Waals surface area contributed by atoms with Gasteiger partial charge in [-0.2, -0.15) is 0 Å². The molecule has 0 aliphatic heterocycles. The molecule has 0 spiro atoms. The van der Waals surface area contributed by atoms with Gasteiger partial charge in [0, 0.05) is 25.4 Å². The highest BCUT2D eigenvalue weighted by molar-refractivity contribution is 5.69. The van der Waals surface area contributed by atoms with Gasteiger partial charge in [-0.1, -0.05) is 6.92 Å². The molecule has 0 radical (unpaired) electrons. The number of carbonyl (C=O) groups is 1. The van der Waals surface area contributed by atoms with Gasteiger partial charge in [0.1, 0.15) is 5.82 Å². The average Bonchev–Trinajstić information content (AvgIpc) is 2.51. The number of nitrogens with zero attached hydrogens (tertiary/aromatic N) is 2. The summed E-state index contributed by atoms with van der Waals surface area (Å²) in [5.74, 6) is -0.296. The third kappa shape index (κ3) is 2.31. The van der Waals surface area contributed by atoms with Crippen LogP contribution < -0.4 is 0 Å². The number of imidazole rings is 1. The fourth-order valence-electron chi connectivity index (χ4n) is 1.18. The van der Waals surface area contributed by atoms with Crippen molar-refractivity contribution in [2.24, 2.45) is 5.92 Å². The molecular weight excluding hydrogens is 168 g/mol. The van der Waals surface area contributed by atoms with Crippen LogP contribution in [0, 0.1) is 5.92 Å². The van der Waals surface area contributed by atoms with Crippen molar-refractivity contribution < 1.29 is 9.90 Å². The number of rotatable bonds is 4. The van der Waals surface area contributed by atoms with Crippen LogP contribution in [-0.2, 0) is 17.8 Å². The molecule has 13 heavy (non-hydrogen) atoms. The highest BCUT2D eigenvalue weighted by Gasteiger charge is 2.14. The van der Waals surface area contributed by atoms with Gasteiger partial charge in [-0.05, 0) is 6.92 Å². The molecular formula is C9H14N2O2. The van der Waals surface area contributed by atoms with Gasteiger partial charge >= 0.3 is 5.97 Å². The van der Waals surface area contributed by atoms with E-state index >= 15 is 0 Å². The van der Waals surface area contributed by atoms with E-state index in [-0.39, 0.29) is 5.92 Å². The fourth-order valence-corrected chi connectivity index (χ4v) is 1.18. The minimum absolute atomic E-state index is 0.368. The van der Waals surface area contributed by atoms with E-state index < -0.39 is 5.97 Å². The maximum absolute atomic E-state index is 10.6. The molecule has 0 bridgehead atoms. The van der Waals surface area contributed by atoms with E-state index in [9.17, 15) is 4.79 Å². The van der Waals surface area contributed by atoms with E-state index in [1.165, 1.54) is 0 Å². The van der Waals surface area contributed by atoms with Gasteiger partial charge in [-0.3, -0.25) is 4.79 Å². The summed E-state index contributed by atoms with van der Waals surface area (Å²) in [6.45, 7) is 4.54. The Balaban J connectivity index is 2.68. The molecule has 0 saturated heterocycles. The predicted molar refractivity (Wildman–Crippen MR) is 48.4 cm³/mol. The van der Waals surface area contributed by atoms with Gasteiger partial charge in [-0.15, -0.1) is 0 Å². The minimum Gasteiger partial charge on any atom is -0.481 e. The van der Waals surface area contributed by atoms with Crippen molar-refractivity contribution in [1.82, 2.24) is 9.55 Å². The van der Waals surface area contributed by atoms with Crippen molar-refractivity contribution in [1.29, 1.82) is 0 Å². The molecule has 4 nitrogen and oxygen atoms in total. The second-order valence-electron chi connectivity index (χ2n) is 3.07. The lowest BCUT2D eigenvalue weighted by atomic mass is 10.1. The Kier molecular flexibility index (Phi) is 3.06. The molecule has 0 aromatic carbocycles. The first-order valence-corrected chi connectivity index (χ1v) is 4.38. The van der Waals surface area contributed by atoms with Crippen LogP contribution >= 0.6 is 0 Å². The predicted octanol–water partition coefficient (Wildman–Crippen LogP) is 1.17. The lowest BCUT2D eigenvalue weighted by Crippen LogP contribution is -2.15. The maximum Gasteiger partial charge on any atom is 0.306 e. The summed E-state index contributed by atoms with van der Waals surface area (Å²) < 4.78 is 1.96. The largest absolute Gasteiger partial charge is 0.481 e. The third-order valence-electron chi connectivity index (χ3n) is 2.05. The molecule has 1 aromatic heterocycles. The smallest absolute Gasteiger partial charge is 0.306 e. The first-order chi connectivity index (χ1) is 6.15. The molecule has 1 aromatic rings. The van der Waals surface area contributed by atoms with Crippen molar-refractivity contribution in [3.8, 4) is 0 Å². The van der Waals surface area contributed by atoms with Crippen molar-refractivity contribution in [2.45, 2.75) is 26.8 Å². The zero-order chi connectivity index (χ0) is 9.84. The van der Waals surface area contributed by atoms with Gasteiger partial charge < -0.3 is 9.67 Å². The van der Waals surface area contributed by atoms with E-state index in [0.717, 1.165) is 12.4 Å². The first kappa shape index (κ1) is 9.77. The lowest BCUT2D eigenvalue weighted by Gasteiger charge is -2.07. The Hall–Kier alpha value is -1.32.